The number of ether oxygens (including phenoxy) is 2. The van der Waals surface area contributed by atoms with Crippen molar-refractivity contribution in [3.05, 3.63) is 40.1 Å². The Kier molecular flexibility index (Phi) is 6.39. The third-order valence-corrected chi connectivity index (χ3v) is 5.81. The average Bonchev–Trinajstić information content (AvgIpc) is 2.63. The average molecular weight is 367 g/mol. The van der Waals surface area contributed by atoms with E-state index in [0.717, 1.165) is 72.5 Å². The Hall–Kier alpha value is -2.05. The predicted molar refractivity (Wildman–Crippen MR) is 108 cm³/mol. The van der Waals surface area contributed by atoms with Crippen molar-refractivity contribution in [2.45, 2.75) is 52.9 Å². The first-order valence-corrected chi connectivity index (χ1v) is 9.96. The number of benzene rings is 1. The molecule has 0 N–H and O–H groups in total. The van der Waals surface area contributed by atoms with Gasteiger partial charge >= 0.3 is 0 Å². The van der Waals surface area contributed by atoms with Gasteiger partial charge in [-0.3, -0.25) is 4.79 Å². The molecule has 3 rings (SSSR count). The lowest BCUT2D eigenvalue weighted by Crippen LogP contribution is -2.25. The second kappa shape index (κ2) is 8.76. The summed E-state index contributed by atoms with van der Waals surface area (Å²) in [6, 6.07) is 4.14. The lowest BCUT2D eigenvalue weighted by atomic mass is 9.77. The van der Waals surface area contributed by atoms with E-state index >= 15 is 0 Å². The number of Topliss-reactive ketones (excluding diaryl/α,β-unsaturated/α-hetero) is 1. The molecule has 1 heterocycles. The topological polar surface area (TPSA) is 35.5 Å². The van der Waals surface area contributed by atoms with Gasteiger partial charge in [-0.1, -0.05) is 5.92 Å². The summed E-state index contributed by atoms with van der Waals surface area (Å²) in [6.45, 7) is 7.67. The van der Waals surface area contributed by atoms with Crippen LogP contribution in [0.15, 0.2) is 17.9 Å². The van der Waals surface area contributed by atoms with Crippen LogP contribution in [0.25, 0.3) is 5.57 Å². The summed E-state index contributed by atoms with van der Waals surface area (Å²) in [5.74, 6) is 8.19. The van der Waals surface area contributed by atoms with Crippen LogP contribution in [0.4, 0.5) is 0 Å². The molecule has 1 atom stereocenters. The molecular weight excluding hydrogens is 336 g/mol. The Balaban J connectivity index is 1.90. The second-order valence-electron chi connectivity index (χ2n) is 7.85. The number of ketones is 1. The number of hydrogen-bond donors (Lipinski definition) is 0. The lowest BCUT2D eigenvalue weighted by molar-refractivity contribution is -0.115. The molecule has 1 saturated heterocycles. The highest BCUT2D eigenvalue weighted by Crippen LogP contribution is 2.39. The van der Waals surface area contributed by atoms with Gasteiger partial charge in [-0.15, -0.1) is 5.92 Å². The molecule has 2 aliphatic rings. The molecule has 3 heteroatoms. The van der Waals surface area contributed by atoms with Gasteiger partial charge in [0.25, 0.3) is 0 Å². The van der Waals surface area contributed by atoms with Crippen molar-refractivity contribution < 1.29 is 14.3 Å². The highest BCUT2D eigenvalue weighted by atomic mass is 16.5. The second-order valence-corrected chi connectivity index (χ2v) is 7.85. The van der Waals surface area contributed by atoms with Crippen LogP contribution in [0.2, 0.25) is 0 Å². The maximum Gasteiger partial charge on any atom is 0.167 e. The fraction of sp³-hybridized carbons (Fsp3) is 0.542. The number of carbonyl (C=O) groups is 1. The Morgan fingerprint density at radius 1 is 1.11 bits per heavy atom. The molecule has 0 saturated carbocycles. The van der Waals surface area contributed by atoms with Crippen molar-refractivity contribution in [2.75, 3.05) is 20.3 Å². The van der Waals surface area contributed by atoms with Crippen molar-refractivity contribution in [2.24, 2.45) is 11.8 Å². The molecule has 1 fully saturated rings. The monoisotopic (exact) mass is 366 g/mol. The van der Waals surface area contributed by atoms with Crippen molar-refractivity contribution in [1.82, 2.24) is 0 Å². The van der Waals surface area contributed by atoms with Gasteiger partial charge in [-0.05, 0) is 80.7 Å². The van der Waals surface area contributed by atoms with Crippen LogP contribution in [0.5, 0.6) is 0 Å². The smallest absolute Gasteiger partial charge is 0.167 e. The van der Waals surface area contributed by atoms with Gasteiger partial charge in [-0.25, -0.2) is 0 Å². The van der Waals surface area contributed by atoms with Crippen LogP contribution >= 0.6 is 0 Å². The normalized spacial score (nSPS) is 21.0. The molecule has 1 unspecified atom stereocenters. The summed E-state index contributed by atoms with van der Waals surface area (Å²) in [4.78, 5) is 13.1. The summed E-state index contributed by atoms with van der Waals surface area (Å²) >= 11 is 0. The zero-order valence-electron chi connectivity index (χ0n) is 17.0. The predicted octanol–water partition coefficient (Wildman–Crippen LogP) is 4.83. The summed E-state index contributed by atoms with van der Waals surface area (Å²) in [5.41, 5.74) is 4.99. The summed E-state index contributed by atoms with van der Waals surface area (Å²) in [6.07, 6.45) is 4.79. The van der Waals surface area contributed by atoms with E-state index in [-0.39, 0.29) is 5.78 Å². The van der Waals surface area contributed by atoms with E-state index in [9.17, 15) is 4.79 Å². The van der Waals surface area contributed by atoms with Gasteiger partial charge in [0.2, 0.25) is 0 Å². The van der Waals surface area contributed by atoms with Crippen LogP contribution in [-0.2, 0) is 14.3 Å². The van der Waals surface area contributed by atoms with Gasteiger partial charge < -0.3 is 9.47 Å². The summed E-state index contributed by atoms with van der Waals surface area (Å²) in [7, 11) is 1.70. The highest BCUT2D eigenvalue weighted by Gasteiger charge is 2.32. The van der Waals surface area contributed by atoms with Crippen molar-refractivity contribution in [3.8, 4) is 11.8 Å². The fourth-order valence-electron chi connectivity index (χ4n) is 4.61. The highest BCUT2D eigenvalue weighted by molar-refractivity contribution is 6.22. The van der Waals surface area contributed by atoms with Gasteiger partial charge in [0.15, 0.2) is 5.78 Å². The van der Waals surface area contributed by atoms with Crippen LogP contribution in [0.3, 0.4) is 0 Å². The summed E-state index contributed by atoms with van der Waals surface area (Å²) in [5, 5.41) is 0. The third kappa shape index (κ3) is 4.45. The first kappa shape index (κ1) is 19.7. The number of rotatable bonds is 4. The van der Waals surface area contributed by atoms with E-state index in [1.165, 1.54) is 0 Å². The Morgan fingerprint density at radius 2 is 1.78 bits per heavy atom. The maximum atomic E-state index is 13.1. The molecule has 144 valence electrons. The van der Waals surface area contributed by atoms with E-state index in [4.69, 9.17) is 9.47 Å². The Labute approximate surface area is 163 Å². The number of allylic oxidation sites excluding steroid dienone is 2. The number of hydrogen-bond acceptors (Lipinski definition) is 3. The number of methoxy groups -OCH3 is 1. The first-order chi connectivity index (χ1) is 13.0. The minimum absolute atomic E-state index is 0.218. The zero-order valence-corrected chi connectivity index (χ0v) is 17.0. The molecule has 1 aliphatic carbocycles. The minimum atomic E-state index is 0.218. The Bertz CT molecular complexity index is 778. The van der Waals surface area contributed by atoms with Gasteiger partial charge in [0.1, 0.15) is 5.76 Å². The molecule has 1 aromatic carbocycles. The van der Waals surface area contributed by atoms with E-state index in [2.05, 4.69) is 37.8 Å². The van der Waals surface area contributed by atoms with Crippen LogP contribution in [-0.4, -0.2) is 26.1 Å². The molecule has 0 aromatic heterocycles. The van der Waals surface area contributed by atoms with Crippen LogP contribution in [0, 0.1) is 37.5 Å². The maximum absolute atomic E-state index is 13.1. The first-order valence-electron chi connectivity index (χ1n) is 9.96. The van der Waals surface area contributed by atoms with E-state index in [1.54, 1.807) is 7.11 Å². The molecule has 27 heavy (non-hydrogen) atoms. The van der Waals surface area contributed by atoms with E-state index in [1.807, 2.05) is 6.92 Å². The largest absolute Gasteiger partial charge is 0.500 e. The van der Waals surface area contributed by atoms with Gasteiger partial charge in [0.05, 0.1) is 12.7 Å². The quantitative estimate of drug-likeness (QED) is 0.716. The molecule has 0 amide bonds. The molecule has 1 aromatic rings. The standard InChI is InChI=1S/C24H30O3/c1-5-6-19-11-16(2)23(17(3)12-19)24-21(25)14-20(15-22(24)26-4)13-18-7-9-27-10-8-18/h11-12,18,20H,7-10,13-15H2,1-4H3. The van der Waals surface area contributed by atoms with E-state index < -0.39 is 0 Å². The number of carbonyl (C=O) groups excluding carboxylic acids is 1. The van der Waals surface area contributed by atoms with Crippen LogP contribution < -0.4 is 0 Å². The Morgan fingerprint density at radius 3 is 2.37 bits per heavy atom. The molecule has 1 aliphatic heterocycles. The fourth-order valence-corrected chi connectivity index (χ4v) is 4.61. The van der Waals surface area contributed by atoms with Gasteiger partial charge in [0, 0.05) is 31.6 Å². The van der Waals surface area contributed by atoms with Crippen molar-refractivity contribution in [1.29, 1.82) is 0 Å². The molecule has 0 spiro atoms. The van der Waals surface area contributed by atoms with Crippen molar-refractivity contribution >= 4 is 11.4 Å². The number of aryl methyl sites for hydroxylation is 2. The molecule has 0 radical (unpaired) electrons. The molecule has 0 bridgehead atoms. The van der Waals surface area contributed by atoms with E-state index in [0.29, 0.717) is 18.3 Å². The molecular formula is C24H30O3. The lowest BCUT2D eigenvalue weighted by Gasteiger charge is -2.31. The van der Waals surface area contributed by atoms with Gasteiger partial charge in [-0.2, -0.15) is 0 Å². The zero-order chi connectivity index (χ0) is 19.4. The summed E-state index contributed by atoms with van der Waals surface area (Å²) < 4.78 is 11.2. The van der Waals surface area contributed by atoms with Crippen LogP contribution in [0.1, 0.15) is 61.3 Å². The SMILES string of the molecule is CC#Cc1cc(C)c(C2=C(OC)CC(CC3CCOCC3)CC2=O)c(C)c1. The minimum Gasteiger partial charge on any atom is -0.500 e. The molecule has 3 nitrogen and oxygen atoms in total. The van der Waals surface area contributed by atoms with Crippen molar-refractivity contribution in [3.63, 3.8) is 0 Å². The third-order valence-electron chi connectivity index (χ3n) is 5.81.